The highest BCUT2D eigenvalue weighted by Crippen LogP contribution is 2.25. The smallest absolute Gasteiger partial charge is 0.252 e. The summed E-state index contributed by atoms with van der Waals surface area (Å²) in [7, 11) is 0. The molecule has 0 aliphatic rings. The molecule has 2 heterocycles. The van der Waals surface area contributed by atoms with Crippen LogP contribution in [0.1, 0.15) is 30.6 Å². The molecule has 0 bridgehead atoms. The predicted octanol–water partition coefficient (Wildman–Crippen LogP) is 3.63. The first-order valence-electron chi connectivity index (χ1n) is 8.49. The molecule has 0 aliphatic heterocycles. The Morgan fingerprint density at radius 1 is 1.28 bits per heavy atom. The van der Waals surface area contributed by atoms with E-state index in [1.165, 1.54) is 0 Å². The molecule has 25 heavy (non-hydrogen) atoms. The maximum absolute atomic E-state index is 12.9. The highest BCUT2D eigenvalue weighted by Gasteiger charge is 2.21. The van der Waals surface area contributed by atoms with Crippen molar-refractivity contribution in [1.82, 2.24) is 10.3 Å². The van der Waals surface area contributed by atoms with Gasteiger partial charge in [-0.1, -0.05) is 38.5 Å². The lowest BCUT2D eigenvalue weighted by Crippen LogP contribution is -2.42. The Bertz CT molecular complexity index is 859. The molecule has 2 unspecified atom stereocenters. The number of amides is 1. The first-order valence-corrected chi connectivity index (χ1v) is 8.49. The largest absolute Gasteiger partial charge is 0.463 e. The highest BCUT2D eigenvalue weighted by atomic mass is 16.3. The van der Waals surface area contributed by atoms with Crippen molar-refractivity contribution in [3.05, 3.63) is 54.3 Å². The minimum atomic E-state index is -0.281. The summed E-state index contributed by atoms with van der Waals surface area (Å²) in [6, 6.07) is 12.6. The first kappa shape index (κ1) is 17.2. The zero-order chi connectivity index (χ0) is 17.8. The third-order valence-electron chi connectivity index (χ3n) is 4.58. The SMILES string of the molecule is CCC(C)C(CO)NC(=O)c1cc(-c2ccco2)nc2ccccc12. The Morgan fingerprint density at radius 3 is 2.76 bits per heavy atom. The number of nitrogens with one attached hydrogen (secondary N) is 1. The normalized spacial score (nSPS) is 13.6. The van der Waals surface area contributed by atoms with Crippen LogP contribution in [0.15, 0.2) is 53.1 Å². The number of aliphatic hydroxyl groups excluding tert-OH is 1. The number of aliphatic hydroxyl groups is 1. The second-order valence-electron chi connectivity index (χ2n) is 6.20. The van der Waals surface area contributed by atoms with Crippen molar-refractivity contribution < 1.29 is 14.3 Å². The molecule has 3 rings (SSSR count). The fourth-order valence-electron chi connectivity index (χ4n) is 2.81. The Balaban J connectivity index is 2.03. The number of rotatable bonds is 6. The van der Waals surface area contributed by atoms with Crippen LogP contribution in [-0.2, 0) is 0 Å². The summed E-state index contributed by atoms with van der Waals surface area (Å²) < 4.78 is 5.43. The molecular formula is C20H22N2O3. The van der Waals surface area contributed by atoms with E-state index in [9.17, 15) is 9.90 Å². The van der Waals surface area contributed by atoms with Crippen LogP contribution < -0.4 is 5.32 Å². The van der Waals surface area contributed by atoms with Gasteiger partial charge in [0.25, 0.3) is 5.91 Å². The summed E-state index contributed by atoms with van der Waals surface area (Å²) in [4.78, 5) is 17.5. The number of carbonyl (C=O) groups is 1. The van der Waals surface area contributed by atoms with Gasteiger partial charge < -0.3 is 14.8 Å². The van der Waals surface area contributed by atoms with E-state index in [0.29, 0.717) is 17.0 Å². The molecule has 0 aliphatic carbocycles. The summed E-state index contributed by atoms with van der Waals surface area (Å²) in [5.41, 5.74) is 1.86. The van der Waals surface area contributed by atoms with Gasteiger partial charge in [0.2, 0.25) is 0 Å². The summed E-state index contributed by atoms with van der Waals surface area (Å²) in [6.07, 6.45) is 2.46. The quantitative estimate of drug-likeness (QED) is 0.719. The van der Waals surface area contributed by atoms with Crippen molar-refractivity contribution in [2.75, 3.05) is 6.61 Å². The van der Waals surface area contributed by atoms with Crippen molar-refractivity contribution in [1.29, 1.82) is 0 Å². The topological polar surface area (TPSA) is 75.4 Å². The number of carbonyl (C=O) groups excluding carboxylic acids is 1. The van der Waals surface area contributed by atoms with Gasteiger partial charge in [0.15, 0.2) is 5.76 Å². The van der Waals surface area contributed by atoms with Crippen LogP contribution in [0.5, 0.6) is 0 Å². The summed E-state index contributed by atoms with van der Waals surface area (Å²) in [5.74, 6) is 0.581. The van der Waals surface area contributed by atoms with Crippen LogP contribution in [0, 0.1) is 5.92 Å². The monoisotopic (exact) mass is 338 g/mol. The van der Waals surface area contributed by atoms with E-state index in [0.717, 1.165) is 17.3 Å². The zero-order valence-corrected chi connectivity index (χ0v) is 14.4. The van der Waals surface area contributed by atoms with Gasteiger partial charge in [-0.2, -0.15) is 0 Å². The van der Waals surface area contributed by atoms with Gasteiger partial charge in [-0.15, -0.1) is 0 Å². The Labute approximate surface area is 146 Å². The van der Waals surface area contributed by atoms with E-state index in [1.54, 1.807) is 18.4 Å². The number of benzene rings is 1. The van der Waals surface area contributed by atoms with Crippen LogP contribution >= 0.6 is 0 Å². The molecular weight excluding hydrogens is 316 g/mol. The van der Waals surface area contributed by atoms with E-state index in [4.69, 9.17) is 4.42 Å². The number of para-hydroxylation sites is 1. The zero-order valence-electron chi connectivity index (χ0n) is 14.4. The first-order chi connectivity index (χ1) is 12.1. The summed E-state index contributed by atoms with van der Waals surface area (Å²) in [6.45, 7) is 3.96. The molecule has 0 saturated heterocycles. The van der Waals surface area contributed by atoms with Crippen LogP contribution in [-0.4, -0.2) is 28.6 Å². The minimum absolute atomic E-state index is 0.0885. The van der Waals surface area contributed by atoms with Gasteiger partial charge in [0.05, 0.1) is 30.0 Å². The van der Waals surface area contributed by atoms with Gasteiger partial charge in [-0.25, -0.2) is 4.98 Å². The molecule has 5 heteroatoms. The highest BCUT2D eigenvalue weighted by molar-refractivity contribution is 6.07. The predicted molar refractivity (Wildman–Crippen MR) is 97.2 cm³/mol. The minimum Gasteiger partial charge on any atom is -0.463 e. The van der Waals surface area contributed by atoms with Crippen molar-refractivity contribution in [3.63, 3.8) is 0 Å². The van der Waals surface area contributed by atoms with Gasteiger partial charge in [0, 0.05) is 5.39 Å². The van der Waals surface area contributed by atoms with Crippen molar-refractivity contribution in [3.8, 4) is 11.5 Å². The molecule has 0 spiro atoms. The molecule has 5 nitrogen and oxygen atoms in total. The molecule has 2 atom stereocenters. The lowest BCUT2D eigenvalue weighted by Gasteiger charge is -2.22. The number of pyridine rings is 1. The van der Waals surface area contributed by atoms with E-state index >= 15 is 0 Å². The molecule has 130 valence electrons. The number of aromatic nitrogens is 1. The van der Waals surface area contributed by atoms with E-state index < -0.39 is 0 Å². The molecule has 3 aromatic rings. The lowest BCUT2D eigenvalue weighted by atomic mass is 9.99. The Hall–Kier alpha value is -2.66. The number of fused-ring (bicyclic) bond motifs is 1. The Morgan fingerprint density at radius 2 is 2.08 bits per heavy atom. The molecule has 2 aromatic heterocycles. The van der Waals surface area contributed by atoms with Crippen LogP contribution in [0.3, 0.4) is 0 Å². The van der Waals surface area contributed by atoms with Gasteiger partial charge in [-0.05, 0) is 30.2 Å². The maximum Gasteiger partial charge on any atom is 0.252 e. The third-order valence-corrected chi connectivity index (χ3v) is 4.58. The standard InChI is InChI=1S/C20H22N2O3/c1-3-13(2)18(12-23)22-20(24)15-11-17(19-9-6-10-25-19)21-16-8-5-4-7-14(15)16/h4-11,13,18,23H,3,12H2,1-2H3,(H,22,24). The van der Waals surface area contributed by atoms with Crippen molar-refractivity contribution in [2.45, 2.75) is 26.3 Å². The molecule has 1 amide bonds. The number of nitrogens with zero attached hydrogens (tertiary/aromatic N) is 1. The average molecular weight is 338 g/mol. The van der Waals surface area contributed by atoms with Crippen molar-refractivity contribution in [2.24, 2.45) is 5.92 Å². The number of hydrogen-bond acceptors (Lipinski definition) is 4. The second-order valence-corrected chi connectivity index (χ2v) is 6.20. The molecule has 2 N–H and O–H groups in total. The average Bonchev–Trinajstić information content (AvgIpc) is 3.19. The molecule has 0 fully saturated rings. The fourth-order valence-corrected chi connectivity index (χ4v) is 2.81. The maximum atomic E-state index is 12.9. The molecule has 0 radical (unpaired) electrons. The van der Waals surface area contributed by atoms with Crippen LogP contribution in [0.25, 0.3) is 22.4 Å². The van der Waals surface area contributed by atoms with Crippen LogP contribution in [0.2, 0.25) is 0 Å². The molecule has 0 saturated carbocycles. The van der Waals surface area contributed by atoms with Gasteiger partial charge >= 0.3 is 0 Å². The van der Waals surface area contributed by atoms with Gasteiger partial charge in [0.1, 0.15) is 5.69 Å². The van der Waals surface area contributed by atoms with E-state index in [2.05, 4.69) is 10.3 Å². The van der Waals surface area contributed by atoms with Crippen LogP contribution in [0.4, 0.5) is 0 Å². The van der Waals surface area contributed by atoms with E-state index in [1.807, 2.05) is 44.2 Å². The lowest BCUT2D eigenvalue weighted by molar-refractivity contribution is 0.0893. The number of hydrogen-bond donors (Lipinski definition) is 2. The van der Waals surface area contributed by atoms with E-state index in [-0.39, 0.29) is 24.5 Å². The Kier molecular flexibility index (Phi) is 5.14. The fraction of sp³-hybridized carbons (Fsp3) is 0.300. The number of furan rings is 1. The second kappa shape index (κ2) is 7.49. The van der Waals surface area contributed by atoms with Gasteiger partial charge in [-0.3, -0.25) is 4.79 Å². The summed E-state index contributed by atoms with van der Waals surface area (Å²) >= 11 is 0. The molecule has 1 aromatic carbocycles. The third kappa shape index (κ3) is 3.56. The summed E-state index contributed by atoms with van der Waals surface area (Å²) in [5, 5.41) is 13.3. The van der Waals surface area contributed by atoms with Crippen molar-refractivity contribution >= 4 is 16.8 Å².